The molecule has 1 aliphatic rings. The van der Waals surface area contributed by atoms with Crippen LogP contribution in [0.3, 0.4) is 0 Å². The number of ether oxygens (including phenoxy) is 2. The van der Waals surface area contributed by atoms with Crippen molar-refractivity contribution in [3.63, 3.8) is 0 Å². The van der Waals surface area contributed by atoms with E-state index in [0.717, 1.165) is 51.4 Å². The third kappa shape index (κ3) is 28.2. The van der Waals surface area contributed by atoms with Crippen molar-refractivity contribution in [3.8, 4) is 0 Å². The lowest BCUT2D eigenvalue weighted by molar-refractivity contribution is -0.220. The van der Waals surface area contributed by atoms with Gasteiger partial charge >= 0.3 is 13.8 Å². The number of allylic oxidation sites excluding steroid dienone is 6. The maximum atomic E-state index is 12.8. The Morgan fingerprint density at radius 1 is 0.552 bits per heavy atom. The molecule has 12 nitrogen and oxygen atoms in total. The minimum atomic E-state index is -5.02. The molecule has 0 aliphatic heterocycles. The molecule has 0 aromatic carbocycles. The first-order valence-electron chi connectivity index (χ1n) is 22.8. The first-order valence-corrected chi connectivity index (χ1v) is 24.3. The highest BCUT2D eigenvalue weighted by atomic mass is 31.2. The quantitative estimate of drug-likeness (QED) is 0.0150. The van der Waals surface area contributed by atoms with Crippen LogP contribution in [0.25, 0.3) is 0 Å². The Morgan fingerprint density at radius 2 is 0.966 bits per heavy atom. The minimum absolute atomic E-state index is 0.0896. The Hall–Kier alpha value is -1.44. The standard InChI is InChI=1S/C45H83O12P/c1-3-5-7-9-11-13-15-17-19-21-23-25-27-29-31-33-35-54-36-38(37-55-58(52,53)57-45-43(50)41(48)40(47)42(49)44(45)51)56-39(46)34-32-30-28-26-24-22-20-18-16-14-12-10-8-6-4-2/h12,14,18,20,24,26,38,40-45,47-51H,3-11,13,15-17,19,21-23,25,27-37H2,1-2H3,(H,52,53)/b14-12-,20-18-,26-24-/t38-,40?,41-,42?,43?,44?,45?/m1/s1. The molecule has 1 aliphatic carbocycles. The molecule has 13 heteroatoms. The molecule has 0 saturated heterocycles. The lowest BCUT2D eigenvalue weighted by Gasteiger charge is -2.41. The molecule has 8 atom stereocenters. The fraction of sp³-hybridized carbons (Fsp3) is 0.844. The van der Waals surface area contributed by atoms with Crippen LogP contribution in [-0.4, -0.2) is 98.9 Å². The number of hydrogen-bond acceptors (Lipinski definition) is 11. The number of unbranched alkanes of at least 4 members (excludes halogenated alkanes) is 20. The van der Waals surface area contributed by atoms with E-state index >= 15 is 0 Å². The average Bonchev–Trinajstić information content (AvgIpc) is 3.21. The van der Waals surface area contributed by atoms with Crippen LogP contribution in [0.4, 0.5) is 0 Å². The Morgan fingerprint density at radius 3 is 1.47 bits per heavy atom. The number of phosphoric acid groups is 1. The number of carbonyl (C=O) groups excluding carboxylic acids is 1. The van der Waals surface area contributed by atoms with E-state index in [9.17, 15) is 39.8 Å². The molecule has 0 aromatic heterocycles. The highest BCUT2D eigenvalue weighted by molar-refractivity contribution is 7.47. The molecule has 1 fully saturated rings. The van der Waals surface area contributed by atoms with Crippen molar-refractivity contribution < 1.29 is 58.3 Å². The summed E-state index contributed by atoms with van der Waals surface area (Å²) in [6.07, 6.45) is 29.3. The molecule has 0 amide bonds. The lowest BCUT2D eigenvalue weighted by Crippen LogP contribution is -2.64. The molecule has 0 spiro atoms. The van der Waals surface area contributed by atoms with Crippen LogP contribution < -0.4 is 0 Å². The van der Waals surface area contributed by atoms with Gasteiger partial charge in [0.15, 0.2) is 0 Å². The number of hydrogen-bond donors (Lipinski definition) is 6. The van der Waals surface area contributed by atoms with E-state index in [-0.39, 0.29) is 13.0 Å². The van der Waals surface area contributed by atoms with E-state index in [1.54, 1.807) is 0 Å². The van der Waals surface area contributed by atoms with E-state index in [1.807, 2.05) is 0 Å². The second-order valence-corrected chi connectivity index (χ2v) is 17.3. The van der Waals surface area contributed by atoms with Gasteiger partial charge in [-0.05, 0) is 51.4 Å². The van der Waals surface area contributed by atoms with E-state index in [4.69, 9.17) is 18.5 Å². The number of aliphatic hydroxyl groups is 5. The first kappa shape index (κ1) is 54.6. The molecule has 0 radical (unpaired) electrons. The Bertz CT molecular complexity index is 1100. The largest absolute Gasteiger partial charge is 0.472 e. The predicted octanol–water partition coefficient (Wildman–Crippen LogP) is 9.09. The van der Waals surface area contributed by atoms with Gasteiger partial charge in [0.1, 0.15) is 42.7 Å². The van der Waals surface area contributed by atoms with Gasteiger partial charge in [0.2, 0.25) is 0 Å². The summed E-state index contributed by atoms with van der Waals surface area (Å²) in [6, 6.07) is 0. The highest BCUT2D eigenvalue weighted by Gasteiger charge is 2.51. The van der Waals surface area contributed by atoms with Gasteiger partial charge in [-0.1, -0.05) is 159 Å². The van der Waals surface area contributed by atoms with Crippen LogP contribution in [-0.2, 0) is 27.9 Å². The molecule has 340 valence electrons. The second kappa shape index (κ2) is 36.2. The zero-order valence-corrected chi connectivity index (χ0v) is 37.0. The summed E-state index contributed by atoms with van der Waals surface area (Å²) >= 11 is 0. The predicted molar refractivity (Wildman–Crippen MR) is 230 cm³/mol. The molecule has 1 rings (SSSR count). The van der Waals surface area contributed by atoms with Crippen molar-refractivity contribution in [1.82, 2.24) is 0 Å². The summed E-state index contributed by atoms with van der Waals surface area (Å²) in [4.78, 5) is 23.1. The number of carbonyl (C=O) groups is 1. The van der Waals surface area contributed by atoms with Gasteiger partial charge in [-0.15, -0.1) is 0 Å². The van der Waals surface area contributed by atoms with Gasteiger partial charge in [0.05, 0.1) is 13.2 Å². The molecule has 1 saturated carbocycles. The van der Waals surface area contributed by atoms with Crippen LogP contribution in [0.15, 0.2) is 36.5 Å². The maximum absolute atomic E-state index is 12.8. The van der Waals surface area contributed by atoms with Gasteiger partial charge in [0, 0.05) is 13.0 Å². The highest BCUT2D eigenvalue weighted by Crippen LogP contribution is 2.47. The second-order valence-electron chi connectivity index (χ2n) is 15.9. The summed E-state index contributed by atoms with van der Waals surface area (Å²) in [6.45, 7) is 4.19. The third-order valence-corrected chi connectivity index (χ3v) is 11.5. The van der Waals surface area contributed by atoms with Crippen LogP contribution in [0.5, 0.6) is 0 Å². The van der Waals surface area contributed by atoms with Gasteiger partial charge in [-0.25, -0.2) is 4.57 Å². The maximum Gasteiger partial charge on any atom is 0.472 e. The molecule has 0 bridgehead atoms. The summed E-state index contributed by atoms with van der Waals surface area (Å²) in [5.74, 6) is -0.513. The number of esters is 1. The fourth-order valence-corrected chi connectivity index (χ4v) is 7.81. The van der Waals surface area contributed by atoms with Crippen LogP contribution in [0, 0.1) is 0 Å². The molecular weight excluding hydrogens is 763 g/mol. The van der Waals surface area contributed by atoms with Crippen molar-refractivity contribution in [3.05, 3.63) is 36.5 Å². The Balaban J connectivity index is 2.43. The van der Waals surface area contributed by atoms with Gasteiger partial charge in [-0.3, -0.25) is 13.8 Å². The van der Waals surface area contributed by atoms with E-state index in [0.29, 0.717) is 13.0 Å². The van der Waals surface area contributed by atoms with Crippen LogP contribution >= 0.6 is 7.82 Å². The normalized spacial score (nSPS) is 23.0. The number of phosphoric ester groups is 1. The fourth-order valence-electron chi connectivity index (χ4n) is 6.83. The minimum Gasteiger partial charge on any atom is -0.457 e. The van der Waals surface area contributed by atoms with Crippen LogP contribution in [0.2, 0.25) is 0 Å². The monoisotopic (exact) mass is 847 g/mol. The van der Waals surface area contributed by atoms with Crippen molar-refractivity contribution >= 4 is 13.8 Å². The average molecular weight is 847 g/mol. The Kier molecular flexibility index (Phi) is 34.1. The Labute approximate surface area is 351 Å². The molecule has 6 N–H and O–H groups in total. The lowest BCUT2D eigenvalue weighted by atomic mass is 9.85. The molecular formula is C45H83O12P. The van der Waals surface area contributed by atoms with Crippen molar-refractivity contribution in [1.29, 1.82) is 0 Å². The van der Waals surface area contributed by atoms with Crippen molar-refractivity contribution in [2.24, 2.45) is 0 Å². The van der Waals surface area contributed by atoms with E-state index in [2.05, 4.69) is 50.3 Å². The zero-order chi connectivity index (χ0) is 42.7. The summed E-state index contributed by atoms with van der Waals surface area (Å²) in [7, 11) is -5.02. The van der Waals surface area contributed by atoms with Gasteiger partial charge in [-0.2, -0.15) is 0 Å². The first-order chi connectivity index (χ1) is 28.0. The number of rotatable bonds is 38. The third-order valence-electron chi connectivity index (χ3n) is 10.5. The topological polar surface area (TPSA) is 192 Å². The smallest absolute Gasteiger partial charge is 0.457 e. The molecule has 0 heterocycles. The summed E-state index contributed by atoms with van der Waals surface area (Å²) < 4.78 is 34.1. The number of aliphatic hydroxyl groups excluding tert-OH is 5. The molecule has 58 heavy (non-hydrogen) atoms. The summed E-state index contributed by atoms with van der Waals surface area (Å²) in [5.41, 5.74) is 0. The van der Waals surface area contributed by atoms with Gasteiger partial charge in [0.25, 0.3) is 0 Å². The summed E-state index contributed by atoms with van der Waals surface area (Å²) in [5, 5.41) is 50.1. The van der Waals surface area contributed by atoms with Crippen LogP contribution in [0.1, 0.15) is 181 Å². The van der Waals surface area contributed by atoms with E-state index < -0.39 is 63.1 Å². The van der Waals surface area contributed by atoms with Gasteiger partial charge < -0.3 is 39.9 Å². The van der Waals surface area contributed by atoms with Crippen molar-refractivity contribution in [2.45, 2.75) is 224 Å². The van der Waals surface area contributed by atoms with E-state index in [1.165, 1.54) is 103 Å². The molecule has 0 aromatic rings. The van der Waals surface area contributed by atoms with Crippen molar-refractivity contribution in [2.75, 3.05) is 19.8 Å². The SMILES string of the molecule is CCCCC/C=C\C/C=C\C/C=C\CCCCC(=O)O[C@H](COCCCCCCCCCCCCCCCCCC)COP(=O)(O)OC1C(O)C(O)C(O)[C@@H](O)C1O. The molecule has 6 unspecified atom stereocenters. The zero-order valence-electron chi connectivity index (χ0n) is 36.1.